The number of imidazole rings is 1. The van der Waals surface area contributed by atoms with Crippen LogP contribution in [0.25, 0.3) is 11.0 Å². The van der Waals surface area contributed by atoms with Gasteiger partial charge in [0.1, 0.15) is 0 Å². The third kappa shape index (κ3) is 3.09. The first-order valence-electron chi connectivity index (χ1n) is 8.69. The Kier molecular flexibility index (Phi) is 4.12. The summed E-state index contributed by atoms with van der Waals surface area (Å²) < 4.78 is 2.26. The fraction of sp³-hybridized carbons (Fsp3) is 0.300. The molecule has 1 aliphatic heterocycles. The summed E-state index contributed by atoms with van der Waals surface area (Å²) in [5.41, 5.74) is 10.2. The fourth-order valence-electron chi connectivity index (χ4n) is 3.52. The Morgan fingerprint density at radius 1 is 1.16 bits per heavy atom. The number of benzene rings is 2. The van der Waals surface area contributed by atoms with Crippen LogP contribution in [-0.2, 0) is 6.54 Å². The highest BCUT2D eigenvalue weighted by Gasteiger charge is 2.22. The van der Waals surface area contributed by atoms with E-state index in [-0.39, 0.29) is 6.04 Å². The Morgan fingerprint density at radius 3 is 2.72 bits per heavy atom. The van der Waals surface area contributed by atoms with Crippen molar-refractivity contribution in [2.75, 3.05) is 18.0 Å². The third-order valence-corrected chi connectivity index (χ3v) is 4.80. The highest BCUT2D eigenvalue weighted by Crippen LogP contribution is 2.26. The van der Waals surface area contributed by atoms with Gasteiger partial charge in [0.2, 0.25) is 5.95 Å². The molecular formula is C20H21N5. The monoisotopic (exact) mass is 331 g/mol. The van der Waals surface area contributed by atoms with Crippen LogP contribution in [0.3, 0.4) is 0 Å². The van der Waals surface area contributed by atoms with Gasteiger partial charge in [-0.3, -0.25) is 0 Å². The van der Waals surface area contributed by atoms with Gasteiger partial charge in [-0.2, -0.15) is 5.26 Å². The van der Waals surface area contributed by atoms with E-state index in [1.165, 1.54) is 0 Å². The van der Waals surface area contributed by atoms with Gasteiger partial charge in [-0.25, -0.2) is 4.98 Å². The van der Waals surface area contributed by atoms with E-state index in [9.17, 15) is 0 Å². The van der Waals surface area contributed by atoms with Gasteiger partial charge in [-0.1, -0.05) is 24.3 Å². The summed E-state index contributed by atoms with van der Waals surface area (Å²) >= 11 is 0. The summed E-state index contributed by atoms with van der Waals surface area (Å²) in [6, 6.07) is 18.4. The van der Waals surface area contributed by atoms with Gasteiger partial charge in [-0.05, 0) is 42.7 Å². The maximum absolute atomic E-state index is 8.98. The van der Waals surface area contributed by atoms with Crippen molar-refractivity contribution in [1.82, 2.24) is 9.55 Å². The highest BCUT2D eigenvalue weighted by molar-refractivity contribution is 5.79. The second-order valence-electron chi connectivity index (χ2n) is 6.64. The van der Waals surface area contributed by atoms with Crippen LogP contribution in [0, 0.1) is 11.3 Å². The van der Waals surface area contributed by atoms with E-state index in [4.69, 9.17) is 16.0 Å². The van der Waals surface area contributed by atoms with Gasteiger partial charge in [-0.15, -0.1) is 0 Å². The normalized spacial score (nSPS) is 17.6. The second-order valence-corrected chi connectivity index (χ2v) is 6.64. The highest BCUT2D eigenvalue weighted by atomic mass is 15.3. The van der Waals surface area contributed by atoms with E-state index >= 15 is 0 Å². The molecule has 25 heavy (non-hydrogen) atoms. The first kappa shape index (κ1) is 15.7. The number of para-hydroxylation sites is 2. The minimum Gasteiger partial charge on any atom is -0.341 e. The summed E-state index contributed by atoms with van der Waals surface area (Å²) in [5, 5.41) is 8.98. The second kappa shape index (κ2) is 6.58. The van der Waals surface area contributed by atoms with Crippen LogP contribution in [0.5, 0.6) is 0 Å². The first-order chi connectivity index (χ1) is 12.2. The van der Waals surface area contributed by atoms with Crippen molar-refractivity contribution < 1.29 is 0 Å². The molecule has 2 N–H and O–H groups in total. The van der Waals surface area contributed by atoms with Crippen LogP contribution in [-0.4, -0.2) is 28.7 Å². The van der Waals surface area contributed by atoms with Crippen molar-refractivity contribution in [2.45, 2.75) is 25.4 Å². The number of nitriles is 1. The van der Waals surface area contributed by atoms with Gasteiger partial charge in [0.05, 0.1) is 29.2 Å². The van der Waals surface area contributed by atoms with Crippen molar-refractivity contribution in [1.29, 1.82) is 5.26 Å². The van der Waals surface area contributed by atoms with E-state index in [0.29, 0.717) is 5.56 Å². The molecule has 0 aliphatic carbocycles. The van der Waals surface area contributed by atoms with Crippen LogP contribution < -0.4 is 10.6 Å². The molecule has 1 aliphatic rings. The molecule has 0 bridgehead atoms. The van der Waals surface area contributed by atoms with E-state index in [0.717, 1.165) is 55.0 Å². The van der Waals surface area contributed by atoms with Gasteiger partial charge in [0.25, 0.3) is 0 Å². The van der Waals surface area contributed by atoms with Gasteiger partial charge >= 0.3 is 0 Å². The fourth-order valence-corrected chi connectivity index (χ4v) is 3.52. The number of nitrogens with two attached hydrogens (primary N) is 1. The first-order valence-corrected chi connectivity index (χ1v) is 8.69. The minimum atomic E-state index is 0.205. The van der Waals surface area contributed by atoms with Crippen molar-refractivity contribution >= 4 is 17.0 Å². The van der Waals surface area contributed by atoms with E-state index in [1.54, 1.807) is 0 Å². The quantitative estimate of drug-likeness (QED) is 0.801. The Balaban J connectivity index is 1.74. The van der Waals surface area contributed by atoms with Crippen molar-refractivity contribution in [2.24, 2.45) is 5.73 Å². The summed E-state index contributed by atoms with van der Waals surface area (Å²) in [4.78, 5) is 7.19. The molecule has 5 heteroatoms. The standard InChI is InChI=1S/C20H21N5/c21-12-15-7-9-16(10-8-15)13-25-19-6-2-1-5-18(19)23-20(25)24-11-3-4-17(22)14-24/h1-2,5-10,17H,3-4,11,13-14,22H2. The SMILES string of the molecule is N#Cc1ccc(Cn2c(N3CCCC(N)C3)nc3ccccc32)cc1. The Morgan fingerprint density at radius 2 is 1.96 bits per heavy atom. The lowest BCUT2D eigenvalue weighted by molar-refractivity contribution is 0.495. The van der Waals surface area contributed by atoms with Crippen LogP contribution >= 0.6 is 0 Å². The smallest absolute Gasteiger partial charge is 0.206 e. The predicted octanol–water partition coefficient (Wildman–Crippen LogP) is 2.88. The number of aromatic nitrogens is 2. The topological polar surface area (TPSA) is 70.9 Å². The number of fused-ring (bicyclic) bond motifs is 1. The summed E-state index contributed by atoms with van der Waals surface area (Å²) in [5.74, 6) is 0.987. The lowest BCUT2D eigenvalue weighted by Gasteiger charge is -2.32. The number of nitrogens with zero attached hydrogens (tertiary/aromatic N) is 4. The van der Waals surface area contributed by atoms with Crippen LogP contribution in [0.4, 0.5) is 5.95 Å². The zero-order valence-corrected chi connectivity index (χ0v) is 14.1. The molecule has 126 valence electrons. The Bertz CT molecular complexity index is 919. The van der Waals surface area contributed by atoms with Gasteiger partial charge in [0, 0.05) is 19.1 Å². The predicted molar refractivity (Wildman–Crippen MR) is 99.4 cm³/mol. The van der Waals surface area contributed by atoms with E-state index in [1.807, 2.05) is 36.4 Å². The minimum absolute atomic E-state index is 0.205. The maximum Gasteiger partial charge on any atom is 0.206 e. The summed E-state index contributed by atoms with van der Waals surface area (Å²) in [6.07, 6.45) is 2.17. The molecule has 1 aromatic heterocycles. The largest absolute Gasteiger partial charge is 0.341 e. The molecule has 1 saturated heterocycles. The van der Waals surface area contributed by atoms with Crippen LogP contribution in [0.2, 0.25) is 0 Å². The molecule has 0 amide bonds. The third-order valence-electron chi connectivity index (χ3n) is 4.80. The molecule has 2 heterocycles. The number of hydrogen-bond donors (Lipinski definition) is 1. The summed E-state index contributed by atoms with van der Waals surface area (Å²) in [7, 11) is 0. The van der Waals surface area contributed by atoms with Crippen molar-refractivity contribution in [3.05, 3.63) is 59.7 Å². The zero-order valence-electron chi connectivity index (χ0n) is 14.1. The molecule has 0 saturated carbocycles. The lowest BCUT2D eigenvalue weighted by Crippen LogP contribution is -2.44. The molecule has 1 fully saturated rings. The maximum atomic E-state index is 8.98. The number of hydrogen-bond acceptors (Lipinski definition) is 4. The molecular weight excluding hydrogens is 310 g/mol. The van der Waals surface area contributed by atoms with Crippen molar-refractivity contribution in [3.8, 4) is 6.07 Å². The Labute approximate surface area is 147 Å². The number of anilines is 1. The molecule has 5 nitrogen and oxygen atoms in total. The summed E-state index contributed by atoms with van der Waals surface area (Å²) in [6.45, 7) is 2.56. The molecule has 0 radical (unpaired) electrons. The molecule has 4 rings (SSSR count). The molecule has 3 aromatic rings. The van der Waals surface area contributed by atoms with Crippen molar-refractivity contribution in [3.63, 3.8) is 0 Å². The van der Waals surface area contributed by atoms with Crippen LogP contribution in [0.1, 0.15) is 24.0 Å². The van der Waals surface area contributed by atoms with E-state index < -0.39 is 0 Å². The van der Waals surface area contributed by atoms with E-state index in [2.05, 4.69) is 27.7 Å². The molecule has 1 unspecified atom stereocenters. The average Bonchev–Trinajstić information content (AvgIpc) is 3.01. The molecule has 1 atom stereocenters. The zero-order chi connectivity index (χ0) is 17.2. The Hall–Kier alpha value is -2.84. The van der Waals surface area contributed by atoms with Gasteiger partial charge < -0.3 is 15.2 Å². The van der Waals surface area contributed by atoms with Gasteiger partial charge in [0.15, 0.2) is 0 Å². The number of piperidine rings is 1. The molecule has 0 spiro atoms. The lowest BCUT2D eigenvalue weighted by atomic mass is 10.1. The average molecular weight is 331 g/mol. The molecule has 2 aromatic carbocycles. The van der Waals surface area contributed by atoms with Crippen LogP contribution in [0.15, 0.2) is 48.5 Å². The number of rotatable bonds is 3.